The fourth-order valence-corrected chi connectivity index (χ4v) is 3.94. The predicted octanol–water partition coefficient (Wildman–Crippen LogP) is -3.13. The molecule has 0 aromatic carbocycles. The van der Waals surface area contributed by atoms with E-state index < -0.39 is 57.0 Å². The number of aliphatic hydroxyl groups is 3. The van der Waals surface area contributed by atoms with E-state index in [2.05, 4.69) is 15.3 Å². The van der Waals surface area contributed by atoms with Gasteiger partial charge < -0.3 is 49.6 Å². The molecule has 0 aliphatic carbocycles. The van der Waals surface area contributed by atoms with Gasteiger partial charge in [-0.15, -0.1) is 0 Å². The number of nitrogens with two attached hydrogens (primary N) is 1. The maximum Gasteiger partial charge on any atom is 0.351 e. The fourth-order valence-electron chi connectivity index (χ4n) is 3.57. The molecule has 166 valence electrons. The molecule has 1 aromatic heterocycles. The highest BCUT2D eigenvalue weighted by Gasteiger charge is 2.58. The van der Waals surface area contributed by atoms with Crippen LogP contribution in [-0.2, 0) is 14.0 Å². The van der Waals surface area contributed by atoms with E-state index in [4.69, 9.17) is 19.6 Å². The highest BCUT2D eigenvalue weighted by Crippen LogP contribution is 2.39. The molecule has 8 N–H and O–H groups in total. The van der Waals surface area contributed by atoms with Gasteiger partial charge in [0.2, 0.25) is 5.72 Å². The number of hydrogen-bond donors (Lipinski definition) is 7. The standard InChI is InChI=1S/C15H22N5O9P/c16-13-15(28-6-30(24,25)26)14(19-11(18-13)7-2-1-3-27-7)20(5-17-15)12-10(23)9(22)8(4-21)29-12/h1-3,8-10,12-13,17,21-23H,4-6,16H2,(H2,24,25,26)/t8-,9-,10-,12-,13?,15?/m1/s1. The van der Waals surface area contributed by atoms with Crippen molar-refractivity contribution < 1.29 is 43.6 Å². The monoisotopic (exact) mass is 447 g/mol. The molecule has 0 spiro atoms. The van der Waals surface area contributed by atoms with Crippen molar-refractivity contribution in [1.29, 1.82) is 0 Å². The summed E-state index contributed by atoms with van der Waals surface area (Å²) in [7, 11) is -4.57. The molecule has 0 amide bonds. The van der Waals surface area contributed by atoms with Crippen LogP contribution in [0.2, 0.25) is 0 Å². The average Bonchev–Trinajstić information content (AvgIpc) is 3.40. The van der Waals surface area contributed by atoms with Crippen LogP contribution in [0.15, 0.2) is 32.8 Å². The number of ether oxygens (including phenoxy) is 2. The van der Waals surface area contributed by atoms with Gasteiger partial charge in [-0.1, -0.05) is 0 Å². The minimum atomic E-state index is -4.57. The minimum Gasteiger partial charge on any atom is -0.461 e. The molecule has 1 aromatic rings. The van der Waals surface area contributed by atoms with E-state index in [1.807, 2.05) is 0 Å². The van der Waals surface area contributed by atoms with Crippen molar-refractivity contribution >= 4 is 19.3 Å². The van der Waals surface area contributed by atoms with E-state index in [-0.39, 0.29) is 24.1 Å². The molecule has 3 aliphatic rings. The Kier molecular flexibility index (Phi) is 5.57. The summed E-state index contributed by atoms with van der Waals surface area (Å²) < 4.78 is 27.7. The SMILES string of the molecule is NC1N=C(c2ccco2)N=C2N([C@@H]3O[C@H](CO)[C@@H](O)[C@H]3O)CNC21OCP(=O)(O)O. The second-order valence-corrected chi connectivity index (χ2v) is 8.61. The molecule has 3 aliphatic heterocycles. The van der Waals surface area contributed by atoms with E-state index in [9.17, 15) is 29.7 Å². The molecule has 2 fully saturated rings. The Hall–Kier alpha value is -1.71. The third kappa shape index (κ3) is 3.61. The first-order valence-corrected chi connectivity index (χ1v) is 10.7. The van der Waals surface area contributed by atoms with E-state index in [0.29, 0.717) is 0 Å². The average molecular weight is 447 g/mol. The molecule has 14 nitrogen and oxygen atoms in total. The third-order valence-electron chi connectivity index (χ3n) is 5.03. The van der Waals surface area contributed by atoms with Crippen LogP contribution in [0.5, 0.6) is 0 Å². The molecule has 4 heterocycles. The summed E-state index contributed by atoms with van der Waals surface area (Å²) in [6, 6.07) is 3.21. The molecule has 0 bridgehead atoms. The Bertz CT molecular complexity index is 889. The Balaban J connectivity index is 1.72. The molecule has 2 saturated heterocycles. The Morgan fingerprint density at radius 1 is 1.40 bits per heavy atom. The minimum absolute atomic E-state index is 0.0275. The van der Waals surface area contributed by atoms with Gasteiger partial charge >= 0.3 is 7.60 Å². The van der Waals surface area contributed by atoms with Crippen LogP contribution < -0.4 is 11.1 Å². The highest BCUT2D eigenvalue weighted by molar-refractivity contribution is 7.51. The maximum atomic E-state index is 11.4. The largest absolute Gasteiger partial charge is 0.461 e. The van der Waals surface area contributed by atoms with Gasteiger partial charge in [-0.05, 0) is 12.1 Å². The number of rotatable bonds is 6. The number of nitrogens with one attached hydrogen (secondary N) is 1. The number of amidine groups is 2. The number of aliphatic imine (C=N–C) groups is 2. The van der Waals surface area contributed by atoms with E-state index in [1.54, 1.807) is 12.1 Å². The van der Waals surface area contributed by atoms with Gasteiger partial charge in [-0.25, -0.2) is 9.98 Å². The number of furan rings is 1. The van der Waals surface area contributed by atoms with Crippen LogP contribution in [0.1, 0.15) is 5.76 Å². The summed E-state index contributed by atoms with van der Waals surface area (Å²) >= 11 is 0. The summed E-state index contributed by atoms with van der Waals surface area (Å²) in [5.74, 6) is 0.410. The highest BCUT2D eigenvalue weighted by atomic mass is 31.2. The smallest absolute Gasteiger partial charge is 0.351 e. The lowest BCUT2D eigenvalue weighted by Gasteiger charge is -2.37. The number of fused-ring (bicyclic) bond motifs is 1. The normalized spacial score (nSPS) is 36.6. The Morgan fingerprint density at radius 2 is 2.17 bits per heavy atom. The fraction of sp³-hybridized carbons (Fsp3) is 0.600. The van der Waals surface area contributed by atoms with Crippen LogP contribution in [0.4, 0.5) is 0 Å². The zero-order valence-corrected chi connectivity index (χ0v) is 16.4. The summed E-state index contributed by atoms with van der Waals surface area (Å²) in [5, 5.41) is 32.8. The molecular formula is C15H22N5O9P. The predicted molar refractivity (Wildman–Crippen MR) is 99.0 cm³/mol. The lowest BCUT2D eigenvalue weighted by Crippen LogP contribution is -2.63. The van der Waals surface area contributed by atoms with Gasteiger partial charge in [0.1, 0.15) is 18.3 Å². The van der Waals surface area contributed by atoms with Crippen LogP contribution >= 0.6 is 7.60 Å². The quantitative estimate of drug-likeness (QED) is 0.216. The van der Waals surface area contributed by atoms with Crippen molar-refractivity contribution in [3.05, 3.63) is 24.2 Å². The summed E-state index contributed by atoms with van der Waals surface area (Å²) in [4.78, 5) is 28.5. The first-order valence-electron chi connectivity index (χ1n) is 8.95. The van der Waals surface area contributed by atoms with Crippen LogP contribution in [0.25, 0.3) is 0 Å². The first-order chi connectivity index (χ1) is 14.2. The maximum absolute atomic E-state index is 11.4. The molecule has 6 atom stereocenters. The van der Waals surface area contributed by atoms with Gasteiger partial charge in [0.15, 0.2) is 36.2 Å². The van der Waals surface area contributed by atoms with Crippen LogP contribution in [0, 0.1) is 0 Å². The second-order valence-electron chi connectivity index (χ2n) is 7.02. The van der Waals surface area contributed by atoms with Gasteiger partial charge in [0.25, 0.3) is 0 Å². The third-order valence-corrected chi connectivity index (χ3v) is 5.50. The van der Waals surface area contributed by atoms with Crippen molar-refractivity contribution in [1.82, 2.24) is 10.2 Å². The number of hydrogen-bond acceptors (Lipinski definition) is 12. The van der Waals surface area contributed by atoms with Crippen molar-refractivity contribution in [2.75, 3.05) is 19.6 Å². The molecule has 15 heteroatoms. The molecule has 30 heavy (non-hydrogen) atoms. The zero-order valence-electron chi connectivity index (χ0n) is 15.5. The van der Waals surface area contributed by atoms with Gasteiger partial charge in [-0.3, -0.25) is 9.88 Å². The molecular weight excluding hydrogens is 425 g/mol. The van der Waals surface area contributed by atoms with Crippen LogP contribution in [-0.4, -0.2) is 97.7 Å². The van der Waals surface area contributed by atoms with Gasteiger partial charge in [0, 0.05) is 0 Å². The summed E-state index contributed by atoms with van der Waals surface area (Å²) in [6.07, 6.45) is -5.71. The number of aliphatic hydroxyl groups excluding tert-OH is 3. The van der Waals surface area contributed by atoms with E-state index in [0.717, 1.165) is 0 Å². The Morgan fingerprint density at radius 3 is 2.77 bits per heavy atom. The molecule has 4 rings (SSSR count). The first kappa shape index (κ1) is 21.5. The molecule has 2 unspecified atom stereocenters. The van der Waals surface area contributed by atoms with Gasteiger partial charge in [-0.2, -0.15) is 0 Å². The van der Waals surface area contributed by atoms with Crippen molar-refractivity contribution in [2.45, 2.75) is 36.4 Å². The van der Waals surface area contributed by atoms with Crippen molar-refractivity contribution in [3.8, 4) is 0 Å². The summed E-state index contributed by atoms with van der Waals surface area (Å²) in [6.45, 7) is -0.595. The molecule has 0 saturated carbocycles. The van der Waals surface area contributed by atoms with E-state index in [1.165, 1.54) is 11.2 Å². The number of nitrogens with zero attached hydrogens (tertiary/aromatic N) is 3. The zero-order chi connectivity index (χ0) is 21.7. The van der Waals surface area contributed by atoms with Crippen molar-refractivity contribution in [3.63, 3.8) is 0 Å². The summed E-state index contributed by atoms with van der Waals surface area (Å²) in [5.41, 5.74) is 4.45. The second kappa shape index (κ2) is 7.76. The van der Waals surface area contributed by atoms with Crippen molar-refractivity contribution in [2.24, 2.45) is 15.7 Å². The van der Waals surface area contributed by atoms with Gasteiger partial charge in [0.05, 0.1) is 19.5 Å². The van der Waals surface area contributed by atoms with E-state index >= 15 is 0 Å². The Labute approximate surface area is 169 Å². The lowest BCUT2D eigenvalue weighted by atomic mass is 10.1. The van der Waals surface area contributed by atoms with Crippen LogP contribution in [0.3, 0.4) is 0 Å². The lowest BCUT2D eigenvalue weighted by molar-refractivity contribution is -0.0696. The molecule has 0 radical (unpaired) electrons. The topological polar surface area (TPSA) is 216 Å².